The van der Waals surface area contributed by atoms with Crippen LogP contribution in [0.15, 0.2) is 16.7 Å². The summed E-state index contributed by atoms with van der Waals surface area (Å²) in [6, 6.07) is 3.23. The van der Waals surface area contributed by atoms with E-state index in [9.17, 15) is 4.39 Å². The van der Waals surface area contributed by atoms with E-state index < -0.39 is 0 Å². The van der Waals surface area contributed by atoms with E-state index >= 15 is 0 Å². The molecule has 1 aromatic carbocycles. The van der Waals surface area contributed by atoms with Crippen LogP contribution in [0.25, 0.3) is 11.0 Å². The maximum atomic E-state index is 13.6. The first-order valence-corrected chi connectivity index (χ1v) is 4.65. The molecule has 0 unspecified atom stereocenters. The molecule has 1 aromatic heterocycles. The van der Waals surface area contributed by atoms with Gasteiger partial charge in [0.15, 0.2) is 5.58 Å². The van der Waals surface area contributed by atoms with Crippen molar-refractivity contribution in [2.75, 3.05) is 0 Å². The monoisotopic (exact) mass is 193 g/mol. The van der Waals surface area contributed by atoms with Crippen LogP contribution < -0.4 is 0 Å². The van der Waals surface area contributed by atoms with E-state index in [0.717, 1.165) is 11.1 Å². The van der Waals surface area contributed by atoms with Gasteiger partial charge in [-0.25, -0.2) is 4.39 Å². The van der Waals surface area contributed by atoms with Crippen LogP contribution in [0.3, 0.4) is 0 Å². The van der Waals surface area contributed by atoms with Gasteiger partial charge in [-0.05, 0) is 30.5 Å². The Morgan fingerprint density at radius 1 is 1.36 bits per heavy atom. The molecule has 0 aliphatic carbocycles. The minimum Gasteiger partial charge on any atom is -0.356 e. The van der Waals surface area contributed by atoms with Gasteiger partial charge in [0.05, 0.1) is 5.69 Å². The first kappa shape index (κ1) is 9.19. The predicted molar refractivity (Wildman–Crippen MR) is 52.8 cm³/mol. The Labute approximate surface area is 81.7 Å². The lowest BCUT2D eigenvalue weighted by atomic mass is 10.0. The molecule has 14 heavy (non-hydrogen) atoms. The summed E-state index contributed by atoms with van der Waals surface area (Å²) in [5.74, 6) is -0.0244. The molecule has 0 atom stereocenters. The molecule has 1 heterocycles. The standard InChI is InChI=1S/C11H12FNO/c1-6(2)8-5-11-9(4-10(8)12)7(3)13-14-11/h4-6H,1-3H3. The highest BCUT2D eigenvalue weighted by Crippen LogP contribution is 2.26. The SMILES string of the molecule is Cc1noc2cc(C(C)C)c(F)cc12. The Morgan fingerprint density at radius 3 is 2.71 bits per heavy atom. The summed E-state index contributed by atoms with van der Waals surface area (Å²) in [5, 5.41) is 4.55. The molecule has 0 radical (unpaired) electrons. The van der Waals surface area contributed by atoms with E-state index in [0.29, 0.717) is 11.1 Å². The molecule has 0 bridgehead atoms. The topological polar surface area (TPSA) is 26.0 Å². The quantitative estimate of drug-likeness (QED) is 0.693. The molecule has 2 aromatic rings. The third kappa shape index (κ3) is 1.29. The summed E-state index contributed by atoms with van der Waals surface area (Å²) < 4.78 is 18.6. The van der Waals surface area contributed by atoms with Crippen molar-refractivity contribution in [2.45, 2.75) is 26.7 Å². The molecular formula is C11H12FNO. The number of aromatic nitrogens is 1. The lowest BCUT2D eigenvalue weighted by Crippen LogP contribution is -1.92. The van der Waals surface area contributed by atoms with Crippen molar-refractivity contribution in [3.8, 4) is 0 Å². The van der Waals surface area contributed by atoms with Crippen molar-refractivity contribution in [1.29, 1.82) is 0 Å². The zero-order valence-electron chi connectivity index (χ0n) is 8.47. The van der Waals surface area contributed by atoms with E-state index in [2.05, 4.69) is 5.16 Å². The van der Waals surface area contributed by atoms with E-state index in [1.165, 1.54) is 6.07 Å². The van der Waals surface area contributed by atoms with Gasteiger partial charge in [-0.3, -0.25) is 0 Å². The molecule has 2 nitrogen and oxygen atoms in total. The van der Waals surface area contributed by atoms with E-state index in [1.807, 2.05) is 13.8 Å². The van der Waals surface area contributed by atoms with E-state index in [1.54, 1.807) is 13.0 Å². The molecule has 74 valence electrons. The van der Waals surface area contributed by atoms with Gasteiger partial charge in [-0.2, -0.15) is 0 Å². The Balaban J connectivity index is 2.72. The number of fused-ring (bicyclic) bond motifs is 1. The average molecular weight is 193 g/mol. The molecule has 0 saturated carbocycles. The molecule has 0 amide bonds. The third-order valence-corrected chi connectivity index (χ3v) is 2.39. The van der Waals surface area contributed by atoms with Gasteiger partial charge in [0.25, 0.3) is 0 Å². The van der Waals surface area contributed by atoms with Gasteiger partial charge >= 0.3 is 0 Å². The van der Waals surface area contributed by atoms with Crippen LogP contribution in [0.2, 0.25) is 0 Å². The van der Waals surface area contributed by atoms with E-state index in [4.69, 9.17) is 4.52 Å². The third-order valence-electron chi connectivity index (χ3n) is 2.39. The van der Waals surface area contributed by atoms with Crippen LogP contribution in [0.1, 0.15) is 31.0 Å². The molecule has 0 N–H and O–H groups in total. The first-order valence-electron chi connectivity index (χ1n) is 4.65. The fourth-order valence-corrected chi connectivity index (χ4v) is 1.54. The summed E-state index contributed by atoms with van der Waals surface area (Å²) in [5.41, 5.74) is 2.07. The Morgan fingerprint density at radius 2 is 2.07 bits per heavy atom. The van der Waals surface area contributed by atoms with Crippen molar-refractivity contribution in [3.63, 3.8) is 0 Å². The summed E-state index contributed by atoms with van der Waals surface area (Å²) in [6.07, 6.45) is 0. The highest BCUT2D eigenvalue weighted by Gasteiger charge is 2.12. The minimum atomic E-state index is -0.182. The highest BCUT2D eigenvalue weighted by molar-refractivity contribution is 5.80. The van der Waals surface area contributed by atoms with Crippen LogP contribution in [0, 0.1) is 12.7 Å². The molecular weight excluding hydrogens is 181 g/mol. The average Bonchev–Trinajstić information content (AvgIpc) is 2.46. The van der Waals surface area contributed by atoms with Crippen LogP contribution in [-0.4, -0.2) is 5.16 Å². The normalized spacial score (nSPS) is 11.5. The number of hydrogen-bond donors (Lipinski definition) is 0. The van der Waals surface area contributed by atoms with Crippen molar-refractivity contribution >= 4 is 11.0 Å². The number of nitrogens with zero attached hydrogens (tertiary/aromatic N) is 1. The van der Waals surface area contributed by atoms with Gasteiger partial charge in [0.2, 0.25) is 0 Å². The number of rotatable bonds is 1. The van der Waals surface area contributed by atoms with Gasteiger partial charge in [-0.1, -0.05) is 19.0 Å². The molecule has 3 heteroatoms. The number of aryl methyl sites for hydroxylation is 1. The Kier molecular flexibility index (Phi) is 2.02. The Bertz CT molecular complexity index is 473. The van der Waals surface area contributed by atoms with Crippen molar-refractivity contribution in [1.82, 2.24) is 5.16 Å². The number of halogens is 1. The lowest BCUT2D eigenvalue weighted by molar-refractivity contribution is 0.449. The summed E-state index contributed by atoms with van der Waals surface area (Å²) >= 11 is 0. The zero-order chi connectivity index (χ0) is 10.3. The van der Waals surface area contributed by atoms with Crippen molar-refractivity contribution < 1.29 is 8.91 Å². The molecule has 0 fully saturated rings. The van der Waals surface area contributed by atoms with Gasteiger partial charge in [-0.15, -0.1) is 0 Å². The largest absolute Gasteiger partial charge is 0.356 e. The highest BCUT2D eigenvalue weighted by atomic mass is 19.1. The zero-order valence-corrected chi connectivity index (χ0v) is 8.47. The van der Waals surface area contributed by atoms with Crippen LogP contribution >= 0.6 is 0 Å². The first-order chi connectivity index (χ1) is 6.59. The second-order valence-corrected chi connectivity index (χ2v) is 3.79. The van der Waals surface area contributed by atoms with Gasteiger partial charge in [0, 0.05) is 5.39 Å². The molecule has 2 rings (SSSR count). The smallest absolute Gasteiger partial charge is 0.167 e. The van der Waals surface area contributed by atoms with Crippen LogP contribution in [-0.2, 0) is 0 Å². The van der Waals surface area contributed by atoms with Crippen LogP contribution in [0.5, 0.6) is 0 Å². The molecule has 0 aliphatic rings. The summed E-state index contributed by atoms with van der Waals surface area (Å²) in [4.78, 5) is 0. The van der Waals surface area contributed by atoms with Crippen LogP contribution in [0.4, 0.5) is 4.39 Å². The molecule has 0 spiro atoms. The fraction of sp³-hybridized carbons (Fsp3) is 0.364. The maximum absolute atomic E-state index is 13.6. The predicted octanol–water partition coefficient (Wildman–Crippen LogP) is 3.40. The summed E-state index contributed by atoms with van der Waals surface area (Å²) in [7, 11) is 0. The van der Waals surface area contributed by atoms with Crippen molar-refractivity contribution in [3.05, 3.63) is 29.2 Å². The fourth-order valence-electron chi connectivity index (χ4n) is 1.54. The molecule has 0 aliphatic heterocycles. The van der Waals surface area contributed by atoms with E-state index in [-0.39, 0.29) is 11.7 Å². The maximum Gasteiger partial charge on any atom is 0.167 e. The van der Waals surface area contributed by atoms with Gasteiger partial charge in [0.1, 0.15) is 5.82 Å². The van der Waals surface area contributed by atoms with Gasteiger partial charge < -0.3 is 4.52 Å². The second-order valence-electron chi connectivity index (χ2n) is 3.79. The lowest BCUT2D eigenvalue weighted by Gasteiger charge is -2.05. The Hall–Kier alpha value is -1.38. The minimum absolute atomic E-state index is 0.157. The van der Waals surface area contributed by atoms with Crippen molar-refractivity contribution in [2.24, 2.45) is 0 Å². The summed E-state index contributed by atoms with van der Waals surface area (Å²) in [6.45, 7) is 5.71. The second kappa shape index (κ2) is 3.08. The number of hydrogen-bond acceptors (Lipinski definition) is 2. The number of benzene rings is 1. The molecule has 0 saturated heterocycles.